The van der Waals surface area contributed by atoms with Gasteiger partial charge in [0.25, 0.3) is 0 Å². The first-order chi connectivity index (χ1) is 3.65. The van der Waals surface area contributed by atoms with Crippen molar-refractivity contribution in [1.29, 1.82) is 0 Å². The van der Waals surface area contributed by atoms with Gasteiger partial charge in [0, 0.05) is 6.92 Å². The first-order valence-electron chi connectivity index (χ1n) is 2.06. The van der Waals surface area contributed by atoms with Gasteiger partial charge in [-0.3, -0.25) is 4.79 Å². The maximum Gasteiger partial charge on any atom is 0.182 e. The summed E-state index contributed by atoms with van der Waals surface area (Å²) in [5.41, 5.74) is 0. The molecule has 50 valence electrons. The Morgan fingerprint density at radius 1 is 1.38 bits per heavy atom. The van der Waals surface area contributed by atoms with Crippen molar-refractivity contribution >= 4 is 43.0 Å². The van der Waals surface area contributed by atoms with Gasteiger partial charge in [-0.2, -0.15) is 25.3 Å². The third-order valence-electron chi connectivity index (χ3n) is 0.1000. The molecule has 0 spiro atoms. The predicted molar refractivity (Wildman–Crippen MR) is 47.4 cm³/mol. The molecule has 0 aliphatic carbocycles. The molecule has 0 aromatic carbocycles. The lowest BCUT2D eigenvalue weighted by atomic mass is 10.9. The van der Waals surface area contributed by atoms with Crippen LogP contribution in [0.2, 0.25) is 0 Å². The SMILES string of the molecule is CC(=O)S.SCCS. The van der Waals surface area contributed by atoms with Gasteiger partial charge in [0.15, 0.2) is 5.12 Å². The van der Waals surface area contributed by atoms with Crippen molar-refractivity contribution < 1.29 is 4.79 Å². The van der Waals surface area contributed by atoms with E-state index < -0.39 is 0 Å². The van der Waals surface area contributed by atoms with E-state index in [4.69, 9.17) is 0 Å². The van der Waals surface area contributed by atoms with Gasteiger partial charge in [-0.1, -0.05) is 0 Å². The van der Waals surface area contributed by atoms with E-state index >= 15 is 0 Å². The van der Waals surface area contributed by atoms with Gasteiger partial charge in [-0.05, 0) is 11.5 Å². The quantitative estimate of drug-likeness (QED) is 0.506. The molecule has 0 atom stereocenters. The Balaban J connectivity index is 0. The third-order valence-corrected chi connectivity index (χ3v) is 0.900. The molecule has 0 radical (unpaired) electrons. The van der Waals surface area contributed by atoms with Gasteiger partial charge in [0.1, 0.15) is 0 Å². The zero-order valence-corrected chi connectivity index (χ0v) is 7.35. The molecule has 8 heavy (non-hydrogen) atoms. The van der Waals surface area contributed by atoms with Crippen LogP contribution in [0.25, 0.3) is 0 Å². The molecule has 0 fully saturated rings. The maximum absolute atomic E-state index is 9.31. The highest BCUT2D eigenvalue weighted by molar-refractivity contribution is 7.96. The van der Waals surface area contributed by atoms with Crippen molar-refractivity contribution in [2.24, 2.45) is 0 Å². The lowest BCUT2D eigenvalue weighted by Crippen LogP contribution is -1.64. The summed E-state index contributed by atoms with van der Waals surface area (Å²) in [5, 5.41) is -0.139. The molecule has 0 rings (SSSR count). The highest BCUT2D eigenvalue weighted by atomic mass is 32.1. The molecular weight excluding hydrogens is 160 g/mol. The van der Waals surface area contributed by atoms with E-state index in [1.54, 1.807) is 0 Å². The third kappa shape index (κ3) is 74.3. The summed E-state index contributed by atoms with van der Waals surface area (Å²) >= 11 is 11.0. The first kappa shape index (κ1) is 11.5. The van der Waals surface area contributed by atoms with Gasteiger partial charge >= 0.3 is 0 Å². The molecule has 0 bridgehead atoms. The molecule has 4 heteroatoms. The molecule has 0 aromatic heterocycles. The second-order valence-corrected chi connectivity index (χ2v) is 2.49. The lowest BCUT2D eigenvalue weighted by molar-refractivity contribution is -0.108. The van der Waals surface area contributed by atoms with Crippen molar-refractivity contribution in [3.05, 3.63) is 0 Å². The molecular formula is C4H10OS3. The highest BCUT2D eigenvalue weighted by Gasteiger charge is 1.63. The second kappa shape index (κ2) is 10.7. The van der Waals surface area contributed by atoms with Crippen molar-refractivity contribution in [3.8, 4) is 0 Å². The van der Waals surface area contributed by atoms with Crippen LogP contribution >= 0.6 is 37.9 Å². The summed E-state index contributed by atoms with van der Waals surface area (Å²) < 4.78 is 0. The number of hydrogen-bond acceptors (Lipinski definition) is 3. The van der Waals surface area contributed by atoms with Crippen LogP contribution in [0, 0.1) is 0 Å². The average molecular weight is 170 g/mol. The molecule has 0 heterocycles. The Bertz CT molecular complexity index is 49.2. The van der Waals surface area contributed by atoms with E-state index in [0.29, 0.717) is 0 Å². The zero-order chi connectivity index (χ0) is 6.99. The molecule has 0 aliphatic heterocycles. The van der Waals surface area contributed by atoms with Crippen LogP contribution in [0.3, 0.4) is 0 Å². The number of carbonyl (C=O) groups excluding carboxylic acids is 1. The van der Waals surface area contributed by atoms with Gasteiger partial charge in [-0.25, -0.2) is 0 Å². The van der Waals surface area contributed by atoms with Gasteiger partial charge in [0.2, 0.25) is 0 Å². The Labute approximate surface area is 66.5 Å². The van der Waals surface area contributed by atoms with E-state index in [1.807, 2.05) is 0 Å². The van der Waals surface area contributed by atoms with Crippen LogP contribution in [-0.2, 0) is 4.79 Å². The fourth-order valence-corrected chi connectivity index (χ4v) is 0. The van der Waals surface area contributed by atoms with Crippen LogP contribution in [0.15, 0.2) is 0 Å². The summed E-state index contributed by atoms with van der Waals surface area (Å²) in [6.45, 7) is 1.39. The minimum atomic E-state index is -0.139. The van der Waals surface area contributed by atoms with Crippen molar-refractivity contribution in [3.63, 3.8) is 0 Å². The van der Waals surface area contributed by atoms with Gasteiger partial charge < -0.3 is 0 Å². The minimum Gasteiger partial charge on any atom is -0.288 e. The molecule has 0 saturated heterocycles. The zero-order valence-electron chi connectivity index (χ0n) is 4.66. The second-order valence-electron chi connectivity index (χ2n) is 0.966. The molecule has 0 aliphatic rings. The molecule has 0 saturated carbocycles. The first-order valence-corrected chi connectivity index (χ1v) is 3.77. The predicted octanol–water partition coefficient (Wildman–Crippen LogP) is 1.31. The average Bonchev–Trinajstić information content (AvgIpc) is 1.65. The summed E-state index contributed by atoms with van der Waals surface area (Å²) in [4.78, 5) is 9.31. The minimum absolute atomic E-state index is 0.139. The number of thiol groups is 3. The summed E-state index contributed by atoms with van der Waals surface area (Å²) in [6.07, 6.45) is 0. The van der Waals surface area contributed by atoms with Crippen LogP contribution in [0.5, 0.6) is 0 Å². The number of carbonyl (C=O) groups is 1. The molecule has 0 aromatic rings. The summed E-state index contributed by atoms with van der Waals surface area (Å²) in [7, 11) is 0. The van der Waals surface area contributed by atoms with E-state index in [-0.39, 0.29) is 5.12 Å². The fourth-order valence-electron chi connectivity index (χ4n) is 0. The lowest BCUT2D eigenvalue weighted by Gasteiger charge is -1.67. The molecule has 1 nitrogen and oxygen atoms in total. The largest absolute Gasteiger partial charge is 0.288 e. The molecule has 0 N–H and O–H groups in total. The number of rotatable bonds is 1. The Hall–Kier alpha value is 0.720. The van der Waals surface area contributed by atoms with Crippen LogP contribution < -0.4 is 0 Å². The maximum atomic E-state index is 9.31. The van der Waals surface area contributed by atoms with Crippen LogP contribution in [0.4, 0.5) is 0 Å². The fraction of sp³-hybridized carbons (Fsp3) is 0.750. The Kier molecular flexibility index (Phi) is 15.3. The van der Waals surface area contributed by atoms with Crippen LogP contribution in [-0.4, -0.2) is 16.6 Å². The highest BCUT2D eigenvalue weighted by Crippen LogP contribution is 1.73. The van der Waals surface area contributed by atoms with E-state index in [2.05, 4.69) is 37.9 Å². The van der Waals surface area contributed by atoms with Crippen molar-refractivity contribution in [2.75, 3.05) is 11.5 Å². The molecule has 0 unspecified atom stereocenters. The monoisotopic (exact) mass is 170 g/mol. The van der Waals surface area contributed by atoms with Crippen molar-refractivity contribution in [1.82, 2.24) is 0 Å². The van der Waals surface area contributed by atoms with Crippen LogP contribution in [0.1, 0.15) is 6.92 Å². The molecule has 0 amide bonds. The Morgan fingerprint density at radius 3 is 1.50 bits per heavy atom. The summed E-state index contributed by atoms with van der Waals surface area (Å²) in [5.74, 6) is 1.76. The smallest absolute Gasteiger partial charge is 0.182 e. The van der Waals surface area contributed by atoms with E-state index in [1.165, 1.54) is 6.92 Å². The number of hydrogen-bond donors (Lipinski definition) is 3. The standard InChI is InChI=1S/C2H4OS.C2H6S2/c1-2(3)4;3-1-2-4/h1H3,(H,3,4);3-4H,1-2H2. The van der Waals surface area contributed by atoms with Gasteiger partial charge in [-0.15, -0.1) is 12.6 Å². The van der Waals surface area contributed by atoms with Crippen molar-refractivity contribution in [2.45, 2.75) is 6.92 Å². The van der Waals surface area contributed by atoms with E-state index in [0.717, 1.165) is 11.5 Å². The normalized spacial score (nSPS) is 7.00. The topological polar surface area (TPSA) is 17.1 Å². The Morgan fingerprint density at radius 2 is 1.50 bits per heavy atom. The van der Waals surface area contributed by atoms with E-state index in [9.17, 15) is 4.79 Å². The summed E-state index contributed by atoms with van der Waals surface area (Å²) in [6, 6.07) is 0. The van der Waals surface area contributed by atoms with Gasteiger partial charge in [0.05, 0.1) is 0 Å².